The van der Waals surface area contributed by atoms with Crippen molar-refractivity contribution in [3.05, 3.63) is 53.3 Å². The van der Waals surface area contributed by atoms with Gasteiger partial charge in [-0.05, 0) is 36.8 Å². The van der Waals surface area contributed by atoms with Gasteiger partial charge in [0.1, 0.15) is 11.6 Å². The molecule has 2 aromatic carbocycles. The van der Waals surface area contributed by atoms with Crippen LogP contribution in [0.5, 0.6) is 5.75 Å². The minimum atomic E-state index is -0.551. The van der Waals surface area contributed by atoms with Crippen molar-refractivity contribution < 1.29 is 13.9 Å². The summed E-state index contributed by atoms with van der Waals surface area (Å²) < 4.78 is 18.8. The molecule has 0 heterocycles. The molecule has 2 aromatic rings. The summed E-state index contributed by atoms with van der Waals surface area (Å²) in [4.78, 5) is 12.0. The highest BCUT2D eigenvalue weighted by atomic mass is 19.1. The Labute approximate surface area is 116 Å². The van der Waals surface area contributed by atoms with Crippen LogP contribution in [0.15, 0.2) is 36.4 Å². The molecular formula is C15H15FN2O2. The van der Waals surface area contributed by atoms with Crippen LogP contribution in [0.3, 0.4) is 0 Å². The molecule has 0 aliphatic rings. The van der Waals surface area contributed by atoms with Crippen LogP contribution in [0.1, 0.15) is 15.9 Å². The number of hydrogen-bond acceptors (Lipinski definition) is 3. The Morgan fingerprint density at radius 3 is 2.65 bits per heavy atom. The van der Waals surface area contributed by atoms with E-state index in [4.69, 9.17) is 10.5 Å². The smallest absolute Gasteiger partial charge is 0.258 e. The van der Waals surface area contributed by atoms with E-state index in [1.54, 1.807) is 31.2 Å². The van der Waals surface area contributed by atoms with Crippen LogP contribution < -0.4 is 15.8 Å². The molecule has 0 fully saturated rings. The van der Waals surface area contributed by atoms with Gasteiger partial charge in [0.15, 0.2) is 0 Å². The zero-order valence-corrected chi connectivity index (χ0v) is 11.2. The highest BCUT2D eigenvalue weighted by Gasteiger charge is 2.12. The molecule has 20 heavy (non-hydrogen) atoms. The SMILES string of the molecule is COc1cc(NC(=O)c2ccc(C)cc2F)ccc1N. The fourth-order valence-corrected chi connectivity index (χ4v) is 1.79. The van der Waals surface area contributed by atoms with Crippen LogP contribution in [-0.4, -0.2) is 13.0 Å². The van der Waals surface area contributed by atoms with Crippen molar-refractivity contribution in [2.45, 2.75) is 6.92 Å². The highest BCUT2D eigenvalue weighted by molar-refractivity contribution is 6.04. The molecule has 0 unspecified atom stereocenters. The molecule has 0 saturated carbocycles. The molecule has 0 radical (unpaired) electrons. The quantitative estimate of drug-likeness (QED) is 0.846. The third kappa shape index (κ3) is 2.88. The molecule has 0 spiro atoms. The van der Waals surface area contributed by atoms with Gasteiger partial charge in [-0.1, -0.05) is 6.07 Å². The minimum absolute atomic E-state index is 0.00797. The number of amides is 1. The molecule has 3 N–H and O–H groups in total. The third-order valence-corrected chi connectivity index (χ3v) is 2.86. The van der Waals surface area contributed by atoms with Gasteiger partial charge in [-0.15, -0.1) is 0 Å². The van der Waals surface area contributed by atoms with Crippen molar-refractivity contribution in [1.82, 2.24) is 0 Å². The Kier molecular flexibility index (Phi) is 3.89. The first-order chi connectivity index (χ1) is 9.51. The van der Waals surface area contributed by atoms with Crippen molar-refractivity contribution in [2.75, 3.05) is 18.2 Å². The second-order valence-corrected chi connectivity index (χ2v) is 4.39. The molecule has 0 aliphatic heterocycles. The van der Waals surface area contributed by atoms with Crippen LogP contribution in [-0.2, 0) is 0 Å². The number of carbonyl (C=O) groups is 1. The van der Waals surface area contributed by atoms with Gasteiger partial charge >= 0.3 is 0 Å². The van der Waals surface area contributed by atoms with Crippen molar-refractivity contribution in [1.29, 1.82) is 0 Å². The molecule has 1 amide bonds. The predicted molar refractivity (Wildman–Crippen MR) is 76.5 cm³/mol. The number of halogens is 1. The molecule has 0 aliphatic carbocycles. The van der Waals surface area contributed by atoms with Gasteiger partial charge in [-0.2, -0.15) is 0 Å². The van der Waals surface area contributed by atoms with E-state index in [1.807, 2.05) is 0 Å². The summed E-state index contributed by atoms with van der Waals surface area (Å²) in [7, 11) is 1.48. The van der Waals surface area contributed by atoms with E-state index >= 15 is 0 Å². The lowest BCUT2D eigenvalue weighted by Crippen LogP contribution is -2.14. The molecule has 4 nitrogen and oxygen atoms in total. The first kappa shape index (κ1) is 13.9. The number of carbonyl (C=O) groups excluding carboxylic acids is 1. The number of rotatable bonds is 3. The van der Waals surface area contributed by atoms with Crippen molar-refractivity contribution in [2.24, 2.45) is 0 Å². The molecule has 5 heteroatoms. The Morgan fingerprint density at radius 2 is 2.00 bits per heavy atom. The average Bonchev–Trinajstić information content (AvgIpc) is 2.40. The molecule has 0 aromatic heterocycles. The minimum Gasteiger partial charge on any atom is -0.495 e. The number of hydrogen-bond donors (Lipinski definition) is 2. The van der Waals surface area contributed by atoms with Gasteiger partial charge in [-0.3, -0.25) is 4.79 Å². The van der Waals surface area contributed by atoms with Crippen LogP contribution in [0.2, 0.25) is 0 Å². The Hall–Kier alpha value is -2.56. The van der Waals surface area contributed by atoms with Gasteiger partial charge in [0.2, 0.25) is 0 Å². The Balaban J connectivity index is 2.23. The van der Waals surface area contributed by atoms with Crippen molar-refractivity contribution >= 4 is 17.3 Å². The number of anilines is 2. The monoisotopic (exact) mass is 274 g/mol. The molecule has 104 valence electrons. The second-order valence-electron chi connectivity index (χ2n) is 4.39. The van der Waals surface area contributed by atoms with E-state index in [9.17, 15) is 9.18 Å². The summed E-state index contributed by atoms with van der Waals surface area (Å²) in [5.41, 5.74) is 7.39. The van der Waals surface area contributed by atoms with Gasteiger partial charge in [0, 0.05) is 11.8 Å². The summed E-state index contributed by atoms with van der Waals surface area (Å²) in [6.45, 7) is 1.76. The first-order valence-electron chi connectivity index (χ1n) is 6.02. The summed E-state index contributed by atoms with van der Waals surface area (Å²) in [6, 6.07) is 9.27. The van der Waals surface area contributed by atoms with E-state index in [-0.39, 0.29) is 5.56 Å². The van der Waals surface area contributed by atoms with E-state index in [1.165, 1.54) is 19.2 Å². The lowest BCUT2D eigenvalue weighted by molar-refractivity contribution is 0.102. The first-order valence-corrected chi connectivity index (χ1v) is 6.02. The zero-order chi connectivity index (χ0) is 14.7. The van der Waals surface area contributed by atoms with Crippen LogP contribution >= 0.6 is 0 Å². The number of nitrogens with two attached hydrogens (primary N) is 1. The van der Waals surface area contributed by atoms with Crippen molar-refractivity contribution in [3.8, 4) is 5.75 Å². The maximum atomic E-state index is 13.7. The molecular weight excluding hydrogens is 259 g/mol. The van der Waals surface area contributed by atoms with E-state index in [0.717, 1.165) is 5.56 Å². The Bertz CT molecular complexity index is 656. The highest BCUT2D eigenvalue weighted by Crippen LogP contribution is 2.25. The second kappa shape index (κ2) is 5.61. The number of ether oxygens (including phenoxy) is 1. The van der Waals surface area contributed by atoms with E-state index in [0.29, 0.717) is 17.1 Å². The number of nitrogens with one attached hydrogen (secondary N) is 1. The zero-order valence-electron chi connectivity index (χ0n) is 11.2. The summed E-state index contributed by atoms with van der Waals surface area (Å²) >= 11 is 0. The lowest BCUT2D eigenvalue weighted by atomic mass is 10.1. The fraction of sp³-hybridized carbons (Fsp3) is 0.133. The normalized spacial score (nSPS) is 10.2. The number of benzene rings is 2. The summed E-state index contributed by atoms with van der Waals surface area (Å²) in [5.74, 6) is -0.619. The van der Waals surface area contributed by atoms with E-state index in [2.05, 4.69) is 5.32 Å². The van der Waals surface area contributed by atoms with Gasteiger partial charge in [0.05, 0.1) is 18.4 Å². The number of methoxy groups -OCH3 is 1. The number of nitrogen functional groups attached to an aromatic ring is 1. The Morgan fingerprint density at radius 1 is 1.25 bits per heavy atom. The van der Waals surface area contributed by atoms with Gasteiger partial charge in [0.25, 0.3) is 5.91 Å². The fourth-order valence-electron chi connectivity index (χ4n) is 1.79. The van der Waals surface area contributed by atoms with Crippen LogP contribution in [0.4, 0.5) is 15.8 Å². The number of aryl methyl sites for hydroxylation is 1. The van der Waals surface area contributed by atoms with E-state index < -0.39 is 11.7 Å². The lowest BCUT2D eigenvalue weighted by Gasteiger charge is -2.09. The molecule has 0 bridgehead atoms. The molecule has 0 saturated heterocycles. The van der Waals surface area contributed by atoms with Crippen molar-refractivity contribution in [3.63, 3.8) is 0 Å². The maximum Gasteiger partial charge on any atom is 0.258 e. The largest absolute Gasteiger partial charge is 0.495 e. The maximum absolute atomic E-state index is 13.7. The third-order valence-electron chi connectivity index (χ3n) is 2.86. The van der Waals surface area contributed by atoms with Gasteiger partial charge in [-0.25, -0.2) is 4.39 Å². The van der Waals surface area contributed by atoms with Gasteiger partial charge < -0.3 is 15.8 Å². The summed E-state index contributed by atoms with van der Waals surface area (Å²) in [6.07, 6.45) is 0. The molecule has 2 rings (SSSR count). The summed E-state index contributed by atoms with van der Waals surface area (Å²) in [5, 5.41) is 2.61. The predicted octanol–water partition coefficient (Wildman–Crippen LogP) is 2.98. The molecule has 0 atom stereocenters. The topological polar surface area (TPSA) is 64.3 Å². The van der Waals surface area contributed by atoms with Crippen LogP contribution in [0, 0.1) is 12.7 Å². The van der Waals surface area contributed by atoms with Crippen LogP contribution in [0.25, 0.3) is 0 Å². The standard InChI is InChI=1S/C15H15FN2O2/c1-9-3-5-11(12(16)7-9)15(19)18-10-4-6-13(17)14(8-10)20-2/h3-8H,17H2,1-2H3,(H,18,19). The average molecular weight is 274 g/mol.